The number of aromatic carboxylic acids is 1. The summed E-state index contributed by atoms with van der Waals surface area (Å²) in [4.78, 5) is 23.7. The van der Waals surface area contributed by atoms with Crippen molar-refractivity contribution < 1.29 is 24.4 Å². The molecular weight excluding hydrogens is 353 g/mol. The SMILES string of the molecule is NCc1cn(C[C@H](N)C(=O)C[C@H]2Cc3cccc(C(=O)O)c3OB2O)nn1. The molecule has 2 atom stereocenters. The summed E-state index contributed by atoms with van der Waals surface area (Å²) >= 11 is 0. The van der Waals surface area contributed by atoms with Gasteiger partial charge in [0.1, 0.15) is 5.75 Å². The first-order valence-electron chi connectivity index (χ1n) is 8.46. The monoisotopic (exact) mass is 373 g/mol. The van der Waals surface area contributed by atoms with Gasteiger partial charge >= 0.3 is 13.1 Å². The van der Waals surface area contributed by atoms with Crippen LogP contribution in [0.5, 0.6) is 5.75 Å². The van der Waals surface area contributed by atoms with E-state index in [0.29, 0.717) is 17.7 Å². The number of rotatable bonds is 7. The number of carbonyl (C=O) groups excluding carboxylic acids is 1. The number of fused-ring (bicyclic) bond motifs is 1. The van der Waals surface area contributed by atoms with Crippen LogP contribution in [-0.2, 0) is 24.3 Å². The van der Waals surface area contributed by atoms with Gasteiger partial charge in [-0.2, -0.15) is 0 Å². The summed E-state index contributed by atoms with van der Waals surface area (Å²) < 4.78 is 6.85. The molecule has 2 aromatic rings. The molecule has 0 saturated heterocycles. The summed E-state index contributed by atoms with van der Waals surface area (Å²) in [5, 5.41) is 27.1. The van der Waals surface area contributed by atoms with Crippen LogP contribution in [0, 0.1) is 0 Å². The average molecular weight is 373 g/mol. The zero-order valence-corrected chi connectivity index (χ0v) is 14.5. The molecule has 2 heterocycles. The van der Waals surface area contributed by atoms with Crippen LogP contribution in [0.25, 0.3) is 0 Å². The lowest BCUT2D eigenvalue weighted by Gasteiger charge is -2.28. The van der Waals surface area contributed by atoms with Crippen molar-refractivity contribution in [1.82, 2.24) is 15.0 Å². The Hall–Kier alpha value is -2.76. The normalized spacial score (nSPS) is 17.1. The van der Waals surface area contributed by atoms with Crippen molar-refractivity contribution in [3.63, 3.8) is 0 Å². The minimum atomic E-state index is -1.29. The first-order valence-corrected chi connectivity index (χ1v) is 8.46. The van der Waals surface area contributed by atoms with Gasteiger partial charge in [0.05, 0.1) is 23.8 Å². The van der Waals surface area contributed by atoms with Crippen molar-refractivity contribution >= 4 is 18.9 Å². The summed E-state index contributed by atoms with van der Waals surface area (Å²) in [6, 6.07) is 3.90. The Morgan fingerprint density at radius 2 is 2.22 bits per heavy atom. The molecule has 1 aliphatic heterocycles. The molecule has 142 valence electrons. The van der Waals surface area contributed by atoms with Crippen LogP contribution in [0.3, 0.4) is 0 Å². The van der Waals surface area contributed by atoms with Crippen LogP contribution in [0.4, 0.5) is 0 Å². The van der Waals surface area contributed by atoms with E-state index in [1.807, 2.05) is 0 Å². The standard InChI is InChI=1S/C16H20BN5O5/c18-6-11-7-22(21-20-11)8-13(19)14(23)5-10-4-9-2-1-3-12(16(24)25)15(9)27-17(10)26/h1-3,7,10,13,26H,4-6,8,18-19H2,(H,24,25)/t10-,13+/m1/s1. The summed E-state index contributed by atoms with van der Waals surface area (Å²) in [6.07, 6.45) is 1.93. The lowest BCUT2D eigenvalue weighted by atomic mass is 9.64. The Morgan fingerprint density at radius 1 is 1.44 bits per heavy atom. The van der Waals surface area contributed by atoms with Gasteiger partial charge in [-0.15, -0.1) is 5.10 Å². The number of nitrogens with two attached hydrogens (primary N) is 2. The Balaban J connectivity index is 1.66. The topological polar surface area (TPSA) is 167 Å². The van der Waals surface area contributed by atoms with Crippen molar-refractivity contribution in [1.29, 1.82) is 0 Å². The molecule has 0 spiro atoms. The Labute approximate surface area is 155 Å². The highest BCUT2D eigenvalue weighted by molar-refractivity contribution is 6.47. The van der Waals surface area contributed by atoms with Crippen LogP contribution in [0.1, 0.15) is 28.0 Å². The van der Waals surface area contributed by atoms with Gasteiger partial charge in [-0.05, 0) is 18.1 Å². The molecule has 0 amide bonds. The van der Waals surface area contributed by atoms with E-state index < -0.39 is 24.9 Å². The highest BCUT2D eigenvalue weighted by Crippen LogP contribution is 2.36. The third-order valence-electron chi connectivity index (χ3n) is 4.51. The third kappa shape index (κ3) is 4.16. The second kappa shape index (κ2) is 7.86. The fourth-order valence-electron chi connectivity index (χ4n) is 3.06. The maximum atomic E-state index is 12.5. The highest BCUT2D eigenvalue weighted by Gasteiger charge is 2.38. The number of carboxylic acids is 1. The Bertz CT molecular complexity index is 857. The van der Waals surface area contributed by atoms with Crippen LogP contribution in [0.15, 0.2) is 24.4 Å². The predicted molar refractivity (Wildman–Crippen MR) is 95.0 cm³/mol. The second-order valence-electron chi connectivity index (χ2n) is 6.48. The number of benzene rings is 1. The van der Waals surface area contributed by atoms with E-state index in [-0.39, 0.29) is 36.6 Å². The van der Waals surface area contributed by atoms with Gasteiger partial charge in [0, 0.05) is 25.0 Å². The predicted octanol–water partition coefficient (Wildman–Crippen LogP) is -0.793. The van der Waals surface area contributed by atoms with Crippen LogP contribution < -0.4 is 16.1 Å². The molecule has 0 saturated carbocycles. The van der Waals surface area contributed by atoms with E-state index in [0.717, 1.165) is 0 Å². The minimum Gasteiger partial charge on any atom is -0.535 e. The molecule has 0 unspecified atom stereocenters. The molecule has 0 bridgehead atoms. The molecule has 0 fully saturated rings. The number of ketones is 1. The summed E-state index contributed by atoms with van der Waals surface area (Å²) in [6.45, 7) is 0.391. The van der Waals surface area contributed by atoms with Crippen molar-refractivity contribution in [2.75, 3.05) is 0 Å². The molecule has 11 heteroatoms. The van der Waals surface area contributed by atoms with E-state index in [1.165, 1.54) is 10.7 Å². The van der Waals surface area contributed by atoms with E-state index in [4.69, 9.17) is 16.1 Å². The molecule has 0 radical (unpaired) electrons. The van der Waals surface area contributed by atoms with Crippen LogP contribution >= 0.6 is 0 Å². The van der Waals surface area contributed by atoms with Crippen molar-refractivity contribution in [2.24, 2.45) is 11.5 Å². The molecular formula is C16H20BN5O5. The van der Waals surface area contributed by atoms with Gasteiger partial charge in [0.15, 0.2) is 5.78 Å². The molecule has 1 aromatic heterocycles. The van der Waals surface area contributed by atoms with Gasteiger partial charge < -0.3 is 26.3 Å². The summed E-state index contributed by atoms with van der Waals surface area (Å²) in [5.74, 6) is -1.77. The van der Waals surface area contributed by atoms with Gasteiger partial charge in [0.2, 0.25) is 0 Å². The molecule has 3 rings (SSSR count). The fourth-order valence-corrected chi connectivity index (χ4v) is 3.06. The van der Waals surface area contributed by atoms with Gasteiger partial charge in [-0.1, -0.05) is 17.3 Å². The lowest BCUT2D eigenvalue weighted by Crippen LogP contribution is -2.40. The number of carbonyl (C=O) groups is 2. The number of carboxylic acid groups (broad SMARTS) is 1. The first kappa shape index (κ1) is 19.0. The summed E-state index contributed by atoms with van der Waals surface area (Å²) in [5.41, 5.74) is 12.6. The average Bonchev–Trinajstić information content (AvgIpc) is 3.09. The minimum absolute atomic E-state index is 0.00246. The number of nitrogens with zero attached hydrogens (tertiary/aromatic N) is 3. The Morgan fingerprint density at radius 3 is 2.89 bits per heavy atom. The Kier molecular flexibility index (Phi) is 5.54. The van der Waals surface area contributed by atoms with Crippen molar-refractivity contribution in [2.45, 2.75) is 37.8 Å². The van der Waals surface area contributed by atoms with E-state index >= 15 is 0 Å². The number of Topliss-reactive ketones (excluding diaryl/α,β-unsaturated/α-hetero) is 1. The quantitative estimate of drug-likeness (QED) is 0.455. The van der Waals surface area contributed by atoms with Crippen molar-refractivity contribution in [3.05, 3.63) is 41.2 Å². The maximum absolute atomic E-state index is 12.5. The molecule has 27 heavy (non-hydrogen) atoms. The largest absolute Gasteiger partial charge is 0.535 e. The van der Waals surface area contributed by atoms with E-state index in [2.05, 4.69) is 10.3 Å². The van der Waals surface area contributed by atoms with Gasteiger partial charge in [0.25, 0.3) is 0 Å². The molecule has 10 nitrogen and oxygen atoms in total. The molecule has 0 aliphatic carbocycles. The first-order chi connectivity index (χ1) is 12.9. The van der Waals surface area contributed by atoms with Gasteiger partial charge in [-0.3, -0.25) is 9.48 Å². The number of para-hydroxylation sites is 1. The van der Waals surface area contributed by atoms with Crippen LogP contribution in [0.2, 0.25) is 5.82 Å². The smallest absolute Gasteiger partial charge is 0.526 e. The molecule has 1 aliphatic rings. The number of hydrogen-bond donors (Lipinski definition) is 4. The second-order valence-corrected chi connectivity index (χ2v) is 6.48. The zero-order chi connectivity index (χ0) is 19.6. The van der Waals surface area contributed by atoms with Crippen LogP contribution in [-0.4, -0.2) is 50.0 Å². The van der Waals surface area contributed by atoms with Crippen molar-refractivity contribution in [3.8, 4) is 5.75 Å². The maximum Gasteiger partial charge on any atom is 0.526 e. The third-order valence-corrected chi connectivity index (χ3v) is 4.51. The van der Waals surface area contributed by atoms with E-state index in [9.17, 15) is 19.7 Å². The molecule has 6 N–H and O–H groups in total. The number of aromatic nitrogens is 3. The van der Waals surface area contributed by atoms with E-state index in [1.54, 1.807) is 18.3 Å². The highest BCUT2D eigenvalue weighted by atomic mass is 16.5. The molecule has 1 aromatic carbocycles. The summed E-state index contributed by atoms with van der Waals surface area (Å²) in [7, 11) is -1.29. The number of hydrogen-bond acceptors (Lipinski definition) is 8. The zero-order valence-electron chi connectivity index (χ0n) is 14.5. The lowest BCUT2D eigenvalue weighted by molar-refractivity contribution is -0.120. The van der Waals surface area contributed by atoms with Gasteiger partial charge in [-0.25, -0.2) is 4.79 Å². The fraction of sp³-hybridized carbons (Fsp3) is 0.375.